The molecule has 0 amide bonds. The number of aliphatic hydroxyl groups excluding tert-OH is 1. The molecule has 0 aliphatic heterocycles. The van der Waals surface area contributed by atoms with Gasteiger partial charge in [0.05, 0.1) is 12.2 Å². The number of benzene rings is 1. The Morgan fingerprint density at radius 1 is 1.19 bits per heavy atom. The zero-order chi connectivity index (χ0) is 15.4. The van der Waals surface area contributed by atoms with Gasteiger partial charge in [-0.1, -0.05) is 6.07 Å². The van der Waals surface area contributed by atoms with E-state index < -0.39 is 6.10 Å². The van der Waals surface area contributed by atoms with Gasteiger partial charge in [0, 0.05) is 6.07 Å². The van der Waals surface area contributed by atoms with Gasteiger partial charge in [-0.3, -0.25) is 4.79 Å². The van der Waals surface area contributed by atoms with Gasteiger partial charge in [-0.05, 0) is 50.1 Å². The van der Waals surface area contributed by atoms with Gasteiger partial charge in [0.1, 0.15) is 18.5 Å². The standard InChI is InChI=1S/C16H20N2O3/c1-11-6-12(2)8-15(7-11)21-10-14(19)9-18-16(20)5-4-13(3)17-18/h4-8,14,19H,9-10H2,1-3H3. The number of hydrogen-bond donors (Lipinski definition) is 1. The minimum atomic E-state index is -0.794. The van der Waals surface area contributed by atoms with Crippen LogP contribution < -0.4 is 10.3 Å². The summed E-state index contributed by atoms with van der Waals surface area (Å²) >= 11 is 0. The summed E-state index contributed by atoms with van der Waals surface area (Å²) in [4.78, 5) is 11.6. The van der Waals surface area contributed by atoms with Gasteiger partial charge in [0.2, 0.25) is 0 Å². The largest absolute Gasteiger partial charge is 0.491 e. The van der Waals surface area contributed by atoms with Crippen molar-refractivity contribution < 1.29 is 9.84 Å². The Hall–Kier alpha value is -2.14. The third-order valence-corrected chi connectivity index (χ3v) is 3.02. The highest BCUT2D eigenvalue weighted by Crippen LogP contribution is 2.16. The van der Waals surface area contributed by atoms with E-state index in [0.717, 1.165) is 22.6 Å². The first kappa shape index (κ1) is 15.3. The quantitative estimate of drug-likeness (QED) is 0.908. The summed E-state index contributed by atoms with van der Waals surface area (Å²) in [5.74, 6) is 0.719. The first-order chi connectivity index (χ1) is 9.94. The molecule has 0 aliphatic rings. The lowest BCUT2D eigenvalue weighted by atomic mass is 10.1. The van der Waals surface area contributed by atoms with E-state index in [1.54, 1.807) is 13.0 Å². The van der Waals surface area contributed by atoms with Crippen LogP contribution in [0, 0.1) is 20.8 Å². The molecule has 0 saturated carbocycles. The molecule has 2 rings (SSSR count). The summed E-state index contributed by atoms with van der Waals surface area (Å²) in [6, 6.07) is 8.98. The maximum absolute atomic E-state index is 11.6. The molecule has 5 heteroatoms. The Balaban J connectivity index is 1.97. The van der Waals surface area contributed by atoms with Crippen molar-refractivity contribution in [3.8, 4) is 5.75 Å². The lowest BCUT2D eigenvalue weighted by molar-refractivity contribution is 0.0878. The average Bonchev–Trinajstić information content (AvgIpc) is 2.40. The van der Waals surface area contributed by atoms with Crippen LogP contribution in [0.4, 0.5) is 0 Å². The summed E-state index contributed by atoms with van der Waals surface area (Å²) < 4.78 is 6.83. The number of aromatic nitrogens is 2. The molecule has 5 nitrogen and oxygen atoms in total. The SMILES string of the molecule is Cc1cc(C)cc(OCC(O)Cn2nc(C)ccc2=O)c1. The highest BCUT2D eigenvalue weighted by Gasteiger charge is 2.09. The van der Waals surface area contributed by atoms with Crippen LogP contribution in [-0.2, 0) is 6.54 Å². The highest BCUT2D eigenvalue weighted by atomic mass is 16.5. The second kappa shape index (κ2) is 6.54. The van der Waals surface area contributed by atoms with Gasteiger partial charge in [-0.25, -0.2) is 4.68 Å². The number of rotatable bonds is 5. The van der Waals surface area contributed by atoms with E-state index in [1.165, 1.54) is 10.7 Å². The van der Waals surface area contributed by atoms with Crippen molar-refractivity contribution >= 4 is 0 Å². The van der Waals surface area contributed by atoms with Crippen LogP contribution in [0.25, 0.3) is 0 Å². The molecular formula is C16H20N2O3. The van der Waals surface area contributed by atoms with Crippen molar-refractivity contribution in [3.05, 3.63) is 57.5 Å². The highest BCUT2D eigenvalue weighted by molar-refractivity contribution is 5.32. The fraction of sp³-hybridized carbons (Fsp3) is 0.375. The van der Waals surface area contributed by atoms with Crippen LogP contribution >= 0.6 is 0 Å². The number of hydrogen-bond acceptors (Lipinski definition) is 4. The fourth-order valence-electron chi connectivity index (χ4n) is 2.14. The molecule has 1 unspecified atom stereocenters. The first-order valence-electron chi connectivity index (χ1n) is 6.88. The number of aryl methyl sites for hydroxylation is 3. The zero-order valence-corrected chi connectivity index (χ0v) is 12.5. The summed E-state index contributed by atoms with van der Waals surface area (Å²) in [6.45, 7) is 6.02. The van der Waals surface area contributed by atoms with Crippen LogP contribution in [0.3, 0.4) is 0 Å². The molecule has 0 fully saturated rings. The van der Waals surface area contributed by atoms with E-state index in [-0.39, 0.29) is 18.7 Å². The maximum Gasteiger partial charge on any atom is 0.266 e. The van der Waals surface area contributed by atoms with E-state index in [0.29, 0.717) is 0 Å². The lowest BCUT2D eigenvalue weighted by Gasteiger charge is -2.14. The Bertz CT molecular complexity index is 659. The first-order valence-corrected chi connectivity index (χ1v) is 6.88. The third kappa shape index (κ3) is 4.43. The van der Waals surface area contributed by atoms with Crippen molar-refractivity contribution in [2.75, 3.05) is 6.61 Å². The summed E-state index contributed by atoms with van der Waals surface area (Å²) in [6.07, 6.45) is -0.794. The molecule has 1 aromatic carbocycles. The molecule has 1 aromatic heterocycles. The van der Waals surface area contributed by atoms with Crippen molar-refractivity contribution in [1.82, 2.24) is 9.78 Å². The Morgan fingerprint density at radius 3 is 2.52 bits per heavy atom. The molecule has 1 atom stereocenters. The van der Waals surface area contributed by atoms with Crippen LogP contribution in [0.5, 0.6) is 5.75 Å². The predicted molar refractivity (Wildman–Crippen MR) is 80.7 cm³/mol. The molecule has 0 bridgehead atoms. The normalized spacial score (nSPS) is 12.2. The van der Waals surface area contributed by atoms with Gasteiger partial charge >= 0.3 is 0 Å². The topological polar surface area (TPSA) is 64.3 Å². The summed E-state index contributed by atoms with van der Waals surface area (Å²) in [7, 11) is 0. The minimum Gasteiger partial charge on any atom is -0.491 e. The Labute approximate surface area is 123 Å². The Kier molecular flexibility index (Phi) is 4.75. The van der Waals surface area contributed by atoms with Crippen molar-refractivity contribution in [1.29, 1.82) is 0 Å². The van der Waals surface area contributed by atoms with Gasteiger partial charge in [-0.2, -0.15) is 5.10 Å². The van der Waals surface area contributed by atoms with Gasteiger partial charge < -0.3 is 9.84 Å². The molecule has 0 spiro atoms. The molecular weight excluding hydrogens is 268 g/mol. The van der Waals surface area contributed by atoms with Gasteiger partial charge in [0.25, 0.3) is 5.56 Å². The Morgan fingerprint density at radius 2 is 1.86 bits per heavy atom. The molecule has 21 heavy (non-hydrogen) atoms. The number of aliphatic hydroxyl groups is 1. The fourth-order valence-corrected chi connectivity index (χ4v) is 2.14. The van der Waals surface area contributed by atoms with Crippen molar-refractivity contribution in [2.45, 2.75) is 33.4 Å². The maximum atomic E-state index is 11.6. The third-order valence-electron chi connectivity index (χ3n) is 3.02. The molecule has 0 saturated heterocycles. The van der Waals surface area contributed by atoms with Gasteiger partial charge in [-0.15, -0.1) is 0 Å². The molecule has 1 heterocycles. The number of nitrogens with zero attached hydrogens (tertiary/aromatic N) is 2. The predicted octanol–water partition coefficient (Wildman–Crippen LogP) is 1.61. The van der Waals surface area contributed by atoms with E-state index >= 15 is 0 Å². The van der Waals surface area contributed by atoms with E-state index in [4.69, 9.17) is 4.74 Å². The summed E-state index contributed by atoms with van der Waals surface area (Å²) in [5, 5.41) is 14.1. The van der Waals surface area contributed by atoms with Crippen molar-refractivity contribution in [2.24, 2.45) is 0 Å². The second-order valence-electron chi connectivity index (χ2n) is 5.28. The average molecular weight is 288 g/mol. The van der Waals surface area contributed by atoms with E-state index in [2.05, 4.69) is 11.2 Å². The molecule has 0 aliphatic carbocycles. The van der Waals surface area contributed by atoms with Gasteiger partial charge in [0.15, 0.2) is 0 Å². The van der Waals surface area contributed by atoms with E-state index in [9.17, 15) is 9.90 Å². The number of ether oxygens (including phenoxy) is 1. The lowest BCUT2D eigenvalue weighted by Crippen LogP contribution is -2.31. The van der Waals surface area contributed by atoms with E-state index in [1.807, 2.05) is 26.0 Å². The van der Waals surface area contributed by atoms with Crippen LogP contribution in [0.1, 0.15) is 16.8 Å². The van der Waals surface area contributed by atoms with Crippen molar-refractivity contribution in [3.63, 3.8) is 0 Å². The van der Waals surface area contributed by atoms with Crippen LogP contribution in [0.15, 0.2) is 35.1 Å². The monoisotopic (exact) mass is 288 g/mol. The van der Waals surface area contributed by atoms with Crippen LogP contribution in [-0.4, -0.2) is 27.6 Å². The molecule has 2 aromatic rings. The molecule has 112 valence electrons. The van der Waals surface area contributed by atoms with Crippen LogP contribution in [0.2, 0.25) is 0 Å². The molecule has 0 radical (unpaired) electrons. The minimum absolute atomic E-state index is 0.116. The smallest absolute Gasteiger partial charge is 0.266 e. The second-order valence-corrected chi connectivity index (χ2v) is 5.28. The zero-order valence-electron chi connectivity index (χ0n) is 12.5. The summed E-state index contributed by atoms with van der Waals surface area (Å²) in [5.41, 5.74) is 2.72. The molecule has 1 N–H and O–H groups in total.